The molecule has 0 saturated carbocycles. The van der Waals surface area contributed by atoms with E-state index in [4.69, 9.17) is 0 Å². The first-order valence-electron chi connectivity index (χ1n) is 6.50. The maximum Gasteiger partial charge on any atom is 0.244 e. The lowest BCUT2D eigenvalue weighted by Crippen LogP contribution is -2.27. The second kappa shape index (κ2) is 5.57. The van der Waals surface area contributed by atoms with Gasteiger partial charge in [-0.05, 0) is 38.5 Å². The van der Waals surface area contributed by atoms with Gasteiger partial charge in [0, 0.05) is 13.1 Å². The van der Waals surface area contributed by atoms with Crippen molar-refractivity contribution in [1.29, 1.82) is 0 Å². The maximum atomic E-state index is 13.2. The lowest BCUT2D eigenvalue weighted by molar-refractivity contribution is 0.563. The molecule has 5 nitrogen and oxygen atoms in total. The third kappa shape index (κ3) is 3.14. The Morgan fingerprint density at radius 1 is 1.33 bits per heavy atom. The largest absolute Gasteiger partial charge is 0.271 e. The minimum atomic E-state index is -3.72. The van der Waals surface area contributed by atoms with Crippen LogP contribution in [0.25, 0.3) is 0 Å². The molecule has 0 aliphatic carbocycles. The van der Waals surface area contributed by atoms with Crippen LogP contribution in [0.15, 0.2) is 29.2 Å². The van der Waals surface area contributed by atoms with Crippen LogP contribution in [-0.4, -0.2) is 18.2 Å². The Hall–Kier alpha value is -1.73. The van der Waals surface area contributed by atoms with Crippen LogP contribution in [0.3, 0.4) is 0 Å². The third-order valence-corrected chi connectivity index (χ3v) is 5.18. The van der Waals surface area contributed by atoms with E-state index in [0.717, 1.165) is 0 Å². The molecule has 0 saturated heterocycles. The van der Waals surface area contributed by atoms with Crippen molar-refractivity contribution in [3.8, 4) is 0 Å². The Balaban J connectivity index is 2.33. The average molecular weight is 311 g/mol. The normalized spacial score (nSPS) is 13.4. The van der Waals surface area contributed by atoms with Crippen LogP contribution in [0.4, 0.5) is 4.39 Å². The number of sulfonamides is 1. The summed E-state index contributed by atoms with van der Waals surface area (Å²) in [6.07, 6.45) is 0. The molecule has 0 fully saturated rings. The smallest absolute Gasteiger partial charge is 0.244 e. The molecule has 0 spiro atoms. The minimum absolute atomic E-state index is 0.174. The summed E-state index contributed by atoms with van der Waals surface area (Å²) in [4.78, 5) is 0.174. The van der Waals surface area contributed by atoms with Gasteiger partial charge in [-0.25, -0.2) is 17.5 Å². The molecule has 1 aromatic heterocycles. The molecule has 1 aromatic carbocycles. The van der Waals surface area contributed by atoms with Gasteiger partial charge in [0.2, 0.25) is 10.0 Å². The Kier molecular flexibility index (Phi) is 4.15. The van der Waals surface area contributed by atoms with Crippen molar-refractivity contribution in [2.45, 2.75) is 31.7 Å². The van der Waals surface area contributed by atoms with Crippen LogP contribution in [0.5, 0.6) is 0 Å². The second-order valence-electron chi connectivity index (χ2n) is 5.02. The minimum Gasteiger partial charge on any atom is -0.271 e. The topological polar surface area (TPSA) is 64.0 Å². The summed E-state index contributed by atoms with van der Waals surface area (Å²) in [6.45, 7) is 5.02. The first kappa shape index (κ1) is 15.7. The SMILES string of the molecule is Cc1nn(C)c(C)c1S(=O)(=O)NC(C)c1cccc(F)c1. The van der Waals surface area contributed by atoms with Gasteiger partial charge in [-0.1, -0.05) is 12.1 Å². The van der Waals surface area contributed by atoms with Crippen molar-refractivity contribution < 1.29 is 12.8 Å². The van der Waals surface area contributed by atoms with Gasteiger partial charge in [-0.15, -0.1) is 0 Å². The number of halogens is 1. The summed E-state index contributed by atoms with van der Waals surface area (Å²) < 4.78 is 42.3. The number of nitrogens with zero attached hydrogens (tertiary/aromatic N) is 2. The molecule has 0 bridgehead atoms. The molecule has 0 amide bonds. The predicted octanol–water partition coefficient (Wildman–Crippen LogP) is 2.22. The molecule has 0 aliphatic heterocycles. The maximum absolute atomic E-state index is 13.2. The quantitative estimate of drug-likeness (QED) is 0.941. The number of aromatic nitrogens is 2. The summed E-state index contributed by atoms with van der Waals surface area (Å²) >= 11 is 0. The van der Waals surface area contributed by atoms with Gasteiger partial charge in [0.05, 0.1) is 11.4 Å². The van der Waals surface area contributed by atoms with Gasteiger partial charge in [0.25, 0.3) is 0 Å². The van der Waals surface area contributed by atoms with E-state index < -0.39 is 21.9 Å². The van der Waals surface area contributed by atoms with Crippen molar-refractivity contribution in [2.75, 3.05) is 0 Å². The third-order valence-electron chi connectivity index (χ3n) is 3.39. The Morgan fingerprint density at radius 3 is 2.52 bits per heavy atom. The molecule has 1 heterocycles. The van der Waals surface area contributed by atoms with Crippen LogP contribution < -0.4 is 4.72 Å². The zero-order valence-corrected chi connectivity index (χ0v) is 13.2. The highest BCUT2D eigenvalue weighted by Crippen LogP contribution is 2.22. The lowest BCUT2D eigenvalue weighted by atomic mass is 10.1. The monoisotopic (exact) mass is 311 g/mol. The fraction of sp³-hybridized carbons (Fsp3) is 0.357. The molecular formula is C14H18FN3O2S. The standard InChI is InChI=1S/C14H18FN3O2S/c1-9(12-6-5-7-13(15)8-12)17-21(19,20)14-10(2)16-18(4)11(14)3/h5-9,17H,1-4H3. The number of hydrogen-bond donors (Lipinski definition) is 1. The van der Waals surface area contributed by atoms with E-state index >= 15 is 0 Å². The number of aryl methyl sites for hydroxylation is 2. The average Bonchev–Trinajstić information content (AvgIpc) is 2.63. The molecule has 1 atom stereocenters. The Bertz CT molecular complexity index is 769. The van der Waals surface area contributed by atoms with Gasteiger partial charge in [0.15, 0.2) is 0 Å². The van der Waals surface area contributed by atoms with E-state index in [1.165, 1.54) is 16.8 Å². The summed E-state index contributed by atoms with van der Waals surface area (Å²) in [7, 11) is -2.02. The number of hydrogen-bond acceptors (Lipinski definition) is 3. The van der Waals surface area contributed by atoms with E-state index in [9.17, 15) is 12.8 Å². The van der Waals surface area contributed by atoms with Crippen molar-refractivity contribution >= 4 is 10.0 Å². The fourth-order valence-corrected chi connectivity index (χ4v) is 3.95. The van der Waals surface area contributed by atoms with Crippen LogP contribution in [0.2, 0.25) is 0 Å². The zero-order chi connectivity index (χ0) is 15.8. The van der Waals surface area contributed by atoms with Gasteiger partial charge in [-0.2, -0.15) is 5.10 Å². The Labute approximate surface area is 123 Å². The van der Waals surface area contributed by atoms with Gasteiger partial charge in [-0.3, -0.25) is 4.68 Å². The van der Waals surface area contributed by atoms with Crippen LogP contribution >= 0.6 is 0 Å². The molecule has 0 radical (unpaired) electrons. The first-order valence-corrected chi connectivity index (χ1v) is 7.98. The van der Waals surface area contributed by atoms with Crippen molar-refractivity contribution in [1.82, 2.24) is 14.5 Å². The molecule has 2 aromatic rings. The Morgan fingerprint density at radius 2 is 2.00 bits per heavy atom. The van der Waals surface area contributed by atoms with Crippen LogP contribution in [0.1, 0.15) is 29.9 Å². The molecule has 0 aliphatic rings. The lowest BCUT2D eigenvalue weighted by Gasteiger charge is -2.15. The second-order valence-corrected chi connectivity index (χ2v) is 6.67. The first-order chi connectivity index (χ1) is 9.72. The highest BCUT2D eigenvalue weighted by molar-refractivity contribution is 7.89. The number of nitrogens with one attached hydrogen (secondary N) is 1. The summed E-state index contributed by atoms with van der Waals surface area (Å²) in [5.74, 6) is -0.396. The molecule has 21 heavy (non-hydrogen) atoms. The van der Waals surface area contributed by atoms with Gasteiger partial charge < -0.3 is 0 Å². The van der Waals surface area contributed by atoms with Crippen LogP contribution in [-0.2, 0) is 17.1 Å². The highest BCUT2D eigenvalue weighted by Gasteiger charge is 2.25. The summed E-state index contributed by atoms with van der Waals surface area (Å²) in [5, 5.41) is 4.11. The van der Waals surface area contributed by atoms with Crippen LogP contribution in [0, 0.1) is 19.7 Å². The number of benzene rings is 1. The summed E-state index contributed by atoms with van der Waals surface area (Å²) in [6, 6.07) is 5.33. The molecule has 2 rings (SSSR count). The molecule has 7 heteroatoms. The fourth-order valence-electron chi connectivity index (χ4n) is 2.28. The number of rotatable bonds is 4. The van der Waals surface area contributed by atoms with Crippen molar-refractivity contribution in [2.24, 2.45) is 7.05 Å². The van der Waals surface area contributed by atoms with E-state index in [2.05, 4.69) is 9.82 Å². The highest BCUT2D eigenvalue weighted by atomic mass is 32.2. The van der Waals surface area contributed by atoms with E-state index in [1.807, 2.05) is 0 Å². The molecular weight excluding hydrogens is 293 g/mol. The van der Waals surface area contributed by atoms with Gasteiger partial charge >= 0.3 is 0 Å². The molecule has 1 unspecified atom stereocenters. The summed E-state index contributed by atoms with van der Waals surface area (Å²) in [5.41, 5.74) is 1.57. The van der Waals surface area contributed by atoms with E-state index in [1.54, 1.807) is 40.0 Å². The zero-order valence-electron chi connectivity index (χ0n) is 12.4. The van der Waals surface area contributed by atoms with Crippen molar-refractivity contribution in [3.63, 3.8) is 0 Å². The van der Waals surface area contributed by atoms with E-state index in [0.29, 0.717) is 17.0 Å². The van der Waals surface area contributed by atoms with E-state index in [-0.39, 0.29) is 4.90 Å². The van der Waals surface area contributed by atoms with Gasteiger partial charge in [0.1, 0.15) is 10.7 Å². The molecule has 1 N–H and O–H groups in total. The predicted molar refractivity (Wildman–Crippen MR) is 77.8 cm³/mol. The van der Waals surface area contributed by atoms with Crippen molar-refractivity contribution in [3.05, 3.63) is 47.0 Å². The molecule has 114 valence electrons.